The summed E-state index contributed by atoms with van der Waals surface area (Å²) >= 11 is 0. The average molecular weight is 285 g/mol. The molecule has 4 heteroatoms. The van der Waals surface area contributed by atoms with E-state index in [4.69, 9.17) is 10.3 Å². The van der Waals surface area contributed by atoms with E-state index in [-0.39, 0.29) is 0 Å². The van der Waals surface area contributed by atoms with Crippen LogP contribution in [0.25, 0.3) is 11.5 Å². The van der Waals surface area contributed by atoms with Gasteiger partial charge in [0.15, 0.2) is 5.82 Å². The quantitative estimate of drug-likeness (QED) is 0.925. The maximum Gasteiger partial charge on any atom is 0.257 e. The zero-order valence-electron chi connectivity index (χ0n) is 12.6. The Morgan fingerprint density at radius 1 is 1.33 bits per heavy atom. The van der Waals surface area contributed by atoms with Crippen molar-refractivity contribution in [1.29, 1.82) is 0 Å². The summed E-state index contributed by atoms with van der Waals surface area (Å²) in [5.74, 6) is 2.75. The van der Waals surface area contributed by atoms with Crippen molar-refractivity contribution in [2.24, 2.45) is 11.7 Å². The summed E-state index contributed by atoms with van der Waals surface area (Å²) in [5.41, 5.74) is 7.72. The van der Waals surface area contributed by atoms with Gasteiger partial charge in [0.2, 0.25) is 0 Å². The first-order valence-electron chi connectivity index (χ1n) is 7.93. The van der Waals surface area contributed by atoms with Crippen LogP contribution in [0.1, 0.15) is 56.3 Å². The Balaban J connectivity index is 1.79. The van der Waals surface area contributed by atoms with Crippen LogP contribution in [0.4, 0.5) is 0 Å². The molecule has 3 rings (SSSR count). The predicted octanol–water partition coefficient (Wildman–Crippen LogP) is 3.88. The van der Waals surface area contributed by atoms with Crippen molar-refractivity contribution >= 4 is 0 Å². The van der Waals surface area contributed by atoms with E-state index in [1.165, 1.54) is 32.1 Å². The third-order valence-electron chi connectivity index (χ3n) is 4.58. The van der Waals surface area contributed by atoms with E-state index in [1.54, 1.807) is 0 Å². The van der Waals surface area contributed by atoms with Gasteiger partial charge in [-0.15, -0.1) is 0 Å². The fourth-order valence-corrected chi connectivity index (χ4v) is 3.25. The second-order valence-corrected chi connectivity index (χ2v) is 6.00. The van der Waals surface area contributed by atoms with Gasteiger partial charge in [0, 0.05) is 18.0 Å². The highest BCUT2D eigenvalue weighted by atomic mass is 16.5. The Bertz CT molecular complexity index is 593. The normalized spacial score (nSPS) is 22.4. The minimum atomic E-state index is 0.457. The standard InChI is InChI=1S/C17H23N3O/c1-2-12-5-3-7-14(9-12)16-19-17(21-20-16)15-8-4-6-13(10-15)11-18/h4,6,8,10,12,14H,2-3,5,7,9,11,18H2,1H3. The Kier molecular flexibility index (Phi) is 4.34. The summed E-state index contributed by atoms with van der Waals surface area (Å²) in [6.45, 7) is 2.79. The van der Waals surface area contributed by atoms with Crippen LogP contribution < -0.4 is 5.73 Å². The first kappa shape index (κ1) is 14.3. The zero-order chi connectivity index (χ0) is 14.7. The number of benzene rings is 1. The Hall–Kier alpha value is -1.68. The largest absolute Gasteiger partial charge is 0.334 e. The third kappa shape index (κ3) is 3.16. The van der Waals surface area contributed by atoms with E-state index in [0.717, 1.165) is 22.9 Å². The highest BCUT2D eigenvalue weighted by molar-refractivity contribution is 5.54. The summed E-state index contributed by atoms with van der Waals surface area (Å²) in [5, 5.41) is 4.22. The van der Waals surface area contributed by atoms with Gasteiger partial charge in [0.25, 0.3) is 5.89 Å². The lowest BCUT2D eigenvalue weighted by Gasteiger charge is -2.26. The molecule has 0 spiro atoms. The number of hydrogen-bond acceptors (Lipinski definition) is 4. The van der Waals surface area contributed by atoms with Crippen molar-refractivity contribution in [2.45, 2.75) is 51.5 Å². The van der Waals surface area contributed by atoms with Gasteiger partial charge in [-0.3, -0.25) is 0 Å². The van der Waals surface area contributed by atoms with Crippen molar-refractivity contribution in [3.63, 3.8) is 0 Å². The van der Waals surface area contributed by atoms with Crippen LogP contribution in [0, 0.1) is 5.92 Å². The molecule has 2 unspecified atom stereocenters. The van der Waals surface area contributed by atoms with Crippen LogP contribution in [-0.2, 0) is 6.54 Å². The van der Waals surface area contributed by atoms with Gasteiger partial charge >= 0.3 is 0 Å². The second kappa shape index (κ2) is 6.39. The molecular formula is C17H23N3O. The molecule has 0 aliphatic heterocycles. The van der Waals surface area contributed by atoms with Gasteiger partial charge in [-0.2, -0.15) is 4.98 Å². The lowest BCUT2D eigenvalue weighted by Crippen LogP contribution is -2.14. The van der Waals surface area contributed by atoms with Crippen LogP contribution in [0.3, 0.4) is 0 Å². The molecule has 1 aromatic heterocycles. The monoisotopic (exact) mass is 285 g/mol. The molecule has 0 bridgehead atoms. The van der Waals surface area contributed by atoms with Crippen LogP contribution >= 0.6 is 0 Å². The SMILES string of the molecule is CCC1CCCC(c2noc(-c3cccc(CN)c3)n2)C1. The van der Waals surface area contributed by atoms with E-state index >= 15 is 0 Å². The van der Waals surface area contributed by atoms with Gasteiger partial charge < -0.3 is 10.3 Å². The third-order valence-corrected chi connectivity index (χ3v) is 4.58. The molecule has 1 fully saturated rings. The Morgan fingerprint density at radius 2 is 2.24 bits per heavy atom. The molecule has 0 radical (unpaired) electrons. The smallest absolute Gasteiger partial charge is 0.257 e. The summed E-state index contributed by atoms with van der Waals surface area (Å²) in [6, 6.07) is 8.00. The van der Waals surface area contributed by atoms with Gasteiger partial charge in [0.05, 0.1) is 0 Å². The molecule has 21 heavy (non-hydrogen) atoms. The molecule has 0 saturated heterocycles. The lowest BCUT2D eigenvalue weighted by molar-refractivity contribution is 0.300. The minimum Gasteiger partial charge on any atom is -0.334 e. The van der Waals surface area contributed by atoms with Crippen molar-refractivity contribution in [1.82, 2.24) is 10.1 Å². The molecule has 1 saturated carbocycles. The molecule has 1 aromatic carbocycles. The summed E-state index contributed by atoms with van der Waals surface area (Å²) < 4.78 is 5.47. The van der Waals surface area contributed by atoms with Crippen molar-refractivity contribution < 1.29 is 4.52 Å². The number of aromatic nitrogens is 2. The molecule has 1 heterocycles. The van der Waals surface area contributed by atoms with E-state index in [9.17, 15) is 0 Å². The molecule has 112 valence electrons. The first-order valence-corrected chi connectivity index (χ1v) is 7.93. The van der Waals surface area contributed by atoms with Gasteiger partial charge in [0.1, 0.15) is 0 Å². The van der Waals surface area contributed by atoms with Crippen LogP contribution in [-0.4, -0.2) is 10.1 Å². The Morgan fingerprint density at radius 3 is 3.05 bits per heavy atom. The van der Waals surface area contributed by atoms with Gasteiger partial charge in [-0.05, 0) is 36.5 Å². The van der Waals surface area contributed by atoms with Crippen LogP contribution in [0.5, 0.6) is 0 Å². The fourth-order valence-electron chi connectivity index (χ4n) is 3.25. The highest BCUT2D eigenvalue weighted by Crippen LogP contribution is 2.36. The Labute approximate surface area is 125 Å². The van der Waals surface area contributed by atoms with Crippen molar-refractivity contribution in [3.8, 4) is 11.5 Å². The molecule has 1 aliphatic rings. The lowest BCUT2D eigenvalue weighted by atomic mass is 9.80. The molecule has 2 aromatic rings. The van der Waals surface area contributed by atoms with E-state index in [0.29, 0.717) is 18.4 Å². The number of nitrogens with two attached hydrogens (primary N) is 1. The molecule has 2 N–H and O–H groups in total. The van der Waals surface area contributed by atoms with Crippen LogP contribution in [0.15, 0.2) is 28.8 Å². The summed E-state index contributed by atoms with van der Waals surface area (Å²) in [6.07, 6.45) is 6.24. The van der Waals surface area contributed by atoms with E-state index in [1.807, 2.05) is 24.3 Å². The van der Waals surface area contributed by atoms with E-state index in [2.05, 4.69) is 17.1 Å². The van der Waals surface area contributed by atoms with Gasteiger partial charge in [-0.25, -0.2) is 0 Å². The minimum absolute atomic E-state index is 0.457. The zero-order valence-corrected chi connectivity index (χ0v) is 12.6. The number of hydrogen-bond donors (Lipinski definition) is 1. The van der Waals surface area contributed by atoms with Crippen molar-refractivity contribution in [2.75, 3.05) is 0 Å². The highest BCUT2D eigenvalue weighted by Gasteiger charge is 2.26. The second-order valence-electron chi connectivity index (χ2n) is 6.00. The van der Waals surface area contributed by atoms with Crippen molar-refractivity contribution in [3.05, 3.63) is 35.7 Å². The molecule has 1 aliphatic carbocycles. The molecule has 2 atom stereocenters. The fraction of sp³-hybridized carbons (Fsp3) is 0.529. The molecule has 0 amide bonds. The first-order chi connectivity index (χ1) is 10.3. The number of nitrogens with zero attached hydrogens (tertiary/aromatic N) is 2. The van der Waals surface area contributed by atoms with Gasteiger partial charge in [-0.1, -0.05) is 43.5 Å². The predicted molar refractivity (Wildman–Crippen MR) is 82.6 cm³/mol. The maximum atomic E-state index is 5.68. The summed E-state index contributed by atoms with van der Waals surface area (Å²) in [7, 11) is 0. The number of rotatable bonds is 4. The topological polar surface area (TPSA) is 64.9 Å². The molecular weight excluding hydrogens is 262 g/mol. The maximum absolute atomic E-state index is 5.68. The average Bonchev–Trinajstić information content (AvgIpc) is 3.05. The van der Waals surface area contributed by atoms with E-state index < -0.39 is 0 Å². The van der Waals surface area contributed by atoms with Crippen LogP contribution in [0.2, 0.25) is 0 Å². The molecule has 4 nitrogen and oxygen atoms in total. The summed E-state index contributed by atoms with van der Waals surface area (Å²) in [4.78, 5) is 4.63.